The van der Waals surface area contributed by atoms with E-state index in [0.29, 0.717) is 18.4 Å². The molecule has 0 saturated carbocycles. The molecule has 1 aliphatic rings. The normalized spacial score (nSPS) is 24.9. The Balaban J connectivity index is 2.05. The third kappa shape index (κ3) is 3.74. The molecule has 0 bridgehead atoms. The lowest BCUT2D eigenvalue weighted by Gasteiger charge is -2.35. The fraction of sp³-hybridized carbons (Fsp3) is 0.647. The summed E-state index contributed by atoms with van der Waals surface area (Å²) in [6.45, 7) is 9.71. The van der Waals surface area contributed by atoms with Crippen LogP contribution in [0.3, 0.4) is 0 Å². The summed E-state index contributed by atoms with van der Waals surface area (Å²) in [4.78, 5) is 0. The molecule has 3 unspecified atom stereocenters. The van der Waals surface area contributed by atoms with Gasteiger partial charge in [-0.05, 0) is 25.3 Å². The molecule has 0 spiro atoms. The van der Waals surface area contributed by atoms with Gasteiger partial charge in [0.05, 0.1) is 12.2 Å². The predicted octanol–water partition coefficient (Wildman–Crippen LogP) is 3.14. The van der Waals surface area contributed by atoms with E-state index in [-0.39, 0.29) is 6.04 Å². The molecule has 0 saturated heterocycles. The van der Waals surface area contributed by atoms with E-state index in [2.05, 4.69) is 32.2 Å². The summed E-state index contributed by atoms with van der Waals surface area (Å²) in [6, 6.07) is 8.42. The van der Waals surface area contributed by atoms with Gasteiger partial charge in [-0.1, -0.05) is 39.0 Å². The quantitative estimate of drug-likeness (QED) is 0.869. The van der Waals surface area contributed by atoms with Gasteiger partial charge in [-0.2, -0.15) is 0 Å². The monoisotopic (exact) mass is 277 g/mol. The molecule has 0 fully saturated rings. The maximum Gasteiger partial charge on any atom is 0.124 e. The molecule has 1 aromatic rings. The van der Waals surface area contributed by atoms with E-state index in [1.165, 1.54) is 5.56 Å². The Kier molecular flexibility index (Phi) is 4.71. The number of aliphatic hydroxyl groups is 1. The Morgan fingerprint density at radius 1 is 1.40 bits per heavy atom. The fourth-order valence-corrected chi connectivity index (χ4v) is 3.09. The molecule has 1 aromatic carbocycles. The third-order valence-electron chi connectivity index (χ3n) is 3.88. The van der Waals surface area contributed by atoms with Gasteiger partial charge in [-0.15, -0.1) is 0 Å². The maximum atomic E-state index is 10.5. The Bertz CT molecular complexity index is 442. The highest BCUT2D eigenvalue weighted by Crippen LogP contribution is 2.35. The minimum Gasteiger partial charge on any atom is -0.493 e. The topological polar surface area (TPSA) is 41.5 Å². The van der Waals surface area contributed by atoms with E-state index in [1.807, 2.05) is 25.1 Å². The fourth-order valence-electron chi connectivity index (χ4n) is 3.09. The molecule has 3 nitrogen and oxygen atoms in total. The van der Waals surface area contributed by atoms with E-state index < -0.39 is 5.60 Å². The van der Waals surface area contributed by atoms with Crippen LogP contribution in [0.15, 0.2) is 24.3 Å². The van der Waals surface area contributed by atoms with Crippen LogP contribution < -0.4 is 10.1 Å². The van der Waals surface area contributed by atoms with Gasteiger partial charge in [-0.25, -0.2) is 0 Å². The second-order valence-corrected chi connectivity index (χ2v) is 6.78. The van der Waals surface area contributed by atoms with Gasteiger partial charge in [0.25, 0.3) is 0 Å². The number of hydrogen-bond donors (Lipinski definition) is 2. The number of nitrogens with one attached hydrogen (secondary N) is 1. The molecular weight excluding hydrogens is 250 g/mol. The Hall–Kier alpha value is -1.06. The number of benzene rings is 1. The molecule has 112 valence electrons. The molecule has 0 aliphatic carbocycles. The first kappa shape index (κ1) is 15.3. The third-order valence-corrected chi connectivity index (χ3v) is 3.88. The van der Waals surface area contributed by atoms with Gasteiger partial charge < -0.3 is 15.2 Å². The van der Waals surface area contributed by atoms with Crippen molar-refractivity contribution in [1.82, 2.24) is 5.32 Å². The zero-order valence-corrected chi connectivity index (χ0v) is 13.0. The predicted molar refractivity (Wildman–Crippen MR) is 81.9 cm³/mol. The van der Waals surface area contributed by atoms with E-state index >= 15 is 0 Å². The maximum absolute atomic E-state index is 10.5. The van der Waals surface area contributed by atoms with E-state index in [1.54, 1.807) is 0 Å². The summed E-state index contributed by atoms with van der Waals surface area (Å²) in [7, 11) is 0. The summed E-state index contributed by atoms with van der Waals surface area (Å²) in [6.07, 6.45) is 0.805. The van der Waals surface area contributed by atoms with Crippen molar-refractivity contribution in [3.05, 3.63) is 29.8 Å². The second kappa shape index (κ2) is 6.15. The van der Waals surface area contributed by atoms with Crippen LogP contribution in [0.25, 0.3) is 0 Å². The summed E-state index contributed by atoms with van der Waals surface area (Å²) in [5.41, 5.74) is 0.535. The summed E-state index contributed by atoms with van der Waals surface area (Å²) >= 11 is 0. The van der Waals surface area contributed by atoms with Crippen molar-refractivity contribution in [2.24, 2.45) is 11.8 Å². The smallest absolute Gasteiger partial charge is 0.124 e. The van der Waals surface area contributed by atoms with Crippen LogP contribution in [-0.2, 0) is 0 Å². The molecule has 2 N–H and O–H groups in total. The van der Waals surface area contributed by atoms with Crippen LogP contribution in [-0.4, -0.2) is 23.9 Å². The first-order valence-corrected chi connectivity index (χ1v) is 7.56. The van der Waals surface area contributed by atoms with Crippen molar-refractivity contribution in [2.75, 3.05) is 13.2 Å². The van der Waals surface area contributed by atoms with Crippen LogP contribution in [0, 0.1) is 11.8 Å². The van der Waals surface area contributed by atoms with Crippen LogP contribution in [0.2, 0.25) is 0 Å². The van der Waals surface area contributed by atoms with Crippen LogP contribution in [0.5, 0.6) is 5.75 Å². The van der Waals surface area contributed by atoms with Crippen molar-refractivity contribution in [3.8, 4) is 5.75 Å². The molecule has 20 heavy (non-hydrogen) atoms. The van der Waals surface area contributed by atoms with Crippen molar-refractivity contribution in [1.29, 1.82) is 0 Å². The number of fused-ring (bicyclic) bond motifs is 1. The summed E-state index contributed by atoms with van der Waals surface area (Å²) in [5, 5.41) is 14.0. The lowest BCUT2D eigenvalue weighted by molar-refractivity contribution is 0.0314. The van der Waals surface area contributed by atoms with Gasteiger partial charge >= 0.3 is 0 Å². The molecule has 1 aliphatic heterocycles. The van der Waals surface area contributed by atoms with Gasteiger partial charge in [0.15, 0.2) is 0 Å². The molecule has 0 aromatic heterocycles. The van der Waals surface area contributed by atoms with Crippen LogP contribution in [0.4, 0.5) is 0 Å². The first-order valence-electron chi connectivity index (χ1n) is 7.56. The highest BCUT2D eigenvalue weighted by molar-refractivity contribution is 5.37. The number of para-hydroxylation sites is 1. The van der Waals surface area contributed by atoms with Gasteiger partial charge in [0.2, 0.25) is 0 Å². The first-order chi connectivity index (χ1) is 9.39. The van der Waals surface area contributed by atoms with E-state index in [9.17, 15) is 5.11 Å². The van der Waals surface area contributed by atoms with Crippen LogP contribution in [0.1, 0.15) is 45.7 Å². The number of rotatable bonds is 5. The lowest BCUT2D eigenvalue weighted by atomic mass is 9.89. The SMILES string of the molecule is CC(C)CC(C)(O)CNC1c2ccccc2OCC1C. The average molecular weight is 277 g/mol. The van der Waals surface area contributed by atoms with Gasteiger partial charge in [0.1, 0.15) is 5.75 Å². The molecule has 1 heterocycles. The molecular formula is C17H27NO2. The van der Waals surface area contributed by atoms with Crippen LogP contribution >= 0.6 is 0 Å². The molecule has 0 radical (unpaired) electrons. The van der Waals surface area contributed by atoms with Crippen molar-refractivity contribution in [3.63, 3.8) is 0 Å². The standard InChI is InChI=1S/C17H27NO2/c1-12(2)9-17(4,19)11-18-16-13(3)10-20-15-8-6-5-7-14(15)16/h5-8,12-13,16,18-19H,9-11H2,1-4H3. The van der Waals surface area contributed by atoms with Gasteiger partial charge in [-0.3, -0.25) is 0 Å². The van der Waals surface area contributed by atoms with Crippen molar-refractivity contribution in [2.45, 2.75) is 45.8 Å². The Morgan fingerprint density at radius 2 is 2.10 bits per heavy atom. The van der Waals surface area contributed by atoms with Crippen molar-refractivity contribution < 1.29 is 9.84 Å². The second-order valence-electron chi connectivity index (χ2n) is 6.78. The molecule has 0 amide bonds. The largest absolute Gasteiger partial charge is 0.493 e. The van der Waals surface area contributed by atoms with E-state index in [4.69, 9.17) is 4.74 Å². The zero-order valence-electron chi connectivity index (χ0n) is 13.0. The lowest BCUT2D eigenvalue weighted by Crippen LogP contribution is -2.43. The Labute approximate surface area is 122 Å². The molecule has 2 rings (SSSR count). The Morgan fingerprint density at radius 3 is 2.80 bits per heavy atom. The average Bonchev–Trinajstić information content (AvgIpc) is 2.36. The zero-order chi connectivity index (χ0) is 14.8. The van der Waals surface area contributed by atoms with Gasteiger partial charge in [0, 0.05) is 24.1 Å². The number of ether oxygens (including phenoxy) is 1. The highest BCUT2D eigenvalue weighted by atomic mass is 16.5. The van der Waals surface area contributed by atoms with Crippen molar-refractivity contribution >= 4 is 0 Å². The molecule has 3 heteroatoms. The summed E-state index contributed by atoms with van der Waals surface area (Å²) < 4.78 is 5.76. The van der Waals surface area contributed by atoms with E-state index in [0.717, 1.165) is 18.8 Å². The minimum absolute atomic E-state index is 0.249. The molecule has 3 atom stereocenters. The minimum atomic E-state index is -0.666. The number of hydrogen-bond acceptors (Lipinski definition) is 3. The summed E-state index contributed by atoms with van der Waals surface area (Å²) in [5.74, 6) is 1.86. The highest BCUT2D eigenvalue weighted by Gasteiger charge is 2.30.